The van der Waals surface area contributed by atoms with Gasteiger partial charge in [-0.05, 0) is 26.2 Å². The molecule has 0 fully saturated rings. The Hall–Kier alpha value is -0.220. The smallest absolute Gasteiger partial charge is 0.233 e. The number of nitrogens with one attached hydrogen (secondary N) is 1. The van der Waals surface area contributed by atoms with Gasteiger partial charge in [-0.15, -0.1) is 0 Å². The van der Waals surface area contributed by atoms with Gasteiger partial charge in [-0.1, -0.05) is 13.8 Å². The maximum absolute atomic E-state index is 11.6. The fraction of sp³-hybridized carbons (Fsp3) is 0.900. The molecule has 0 aromatic carbocycles. The molecule has 0 aromatic heterocycles. The first-order chi connectivity index (χ1) is 6.30. The van der Waals surface area contributed by atoms with Gasteiger partial charge < -0.3 is 10.4 Å². The molecular weight excluding hydrogens is 198 g/mol. The van der Waals surface area contributed by atoms with Crippen molar-refractivity contribution in [2.24, 2.45) is 5.92 Å². The molecule has 3 nitrogen and oxygen atoms in total. The fourth-order valence-electron chi connectivity index (χ4n) is 1.05. The third-order valence-corrected chi connectivity index (χ3v) is 2.93. The second-order valence-corrected chi connectivity index (χ2v) is 5.09. The lowest BCUT2D eigenvalue weighted by molar-refractivity contribution is -0.122. The van der Waals surface area contributed by atoms with Crippen molar-refractivity contribution >= 4 is 18.5 Å². The molecule has 1 amide bonds. The highest BCUT2D eigenvalue weighted by Gasteiger charge is 2.24. The van der Waals surface area contributed by atoms with E-state index in [0.717, 1.165) is 0 Å². The summed E-state index contributed by atoms with van der Waals surface area (Å²) < 4.78 is 0. The molecule has 84 valence electrons. The van der Waals surface area contributed by atoms with Crippen molar-refractivity contribution in [3.05, 3.63) is 0 Å². The molecule has 0 aliphatic heterocycles. The molecule has 1 unspecified atom stereocenters. The lowest BCUT2D eigenvalue weighted by Gasteiger charge is -2.27. The average Bonchev–Trinajstić information content (AvgIpc) is 2.01. The number of carbonyl (C=O) groups excluding carboxylic acids is 1. The van der Waals surface area contributed by atoms with Crippen LogP contribution in [0, 0.1) is 5.92 Å². The van der Waals surface area contributed by atoms with Gasteiger partial charge in [0.1, 0.15) is 0 Å². The summed E-state index contributed by atoms with van der Waals surface area (Å²) in [5.41, 5.74) is -0.359. The lowest BCUT2D eigenvalue weighted by atomic mass is 10.00. The van der Waals surface area contributed by atoms with Gasteiger partial charge in [-0.3, -0.25) is 4.79 Å². The van der Waals surface area contributed by atoms with E-state index < -0.39 is 0 Å². The second-order valence-electron chi connectivity index (χ2n) is 4.54. The largest absolute Gasteiger partial charge is 0.396 e. The molecule has 0 bridgehead atoms. The van der Waals surface area contributed by atoms with Gasteiger partial charge in [0.05, 0.1) is 5.25 Å². The normalized spacial score (nSPS) is 14.2. The zero-order valence-corrected chi connectivity index (χ0v) is 10.3. The van der Waals surface area contributed by atoms with Crippen molar-refractivity contribution < 1.29 is 9.90 Å². The predicted octanol–water partition coefficient (Wildman–Crippen LogP) is 1.22. The minimum absolute atomic E-state index is 0.0678. The molecule has 4 heteroatoms. The molecule has 2 N–H and O–H groups in total. The molecule has 0 spiro atoms. The molecule has 0 aliphatic rings. The molecule has 0 aliphatic carbocycles. The van der Waals surface area contributed by atoms with Crippen molar-refractivity contribution in [1.29, 1.82) is 0 Å². The number of carbonyl (C=O) groups is 1. The van der Waals surface area contributed by atoms with Crippen molar-refractivity contribution in [3.63, 3.8) is 0 Å². The summed E-state index contributed by atoms with van der Waals surface area (Å²) in [7, 11) is 0. The Balaban J connectivity index is 4.17. The minimum atomic E-state index is -0.359. The molecule has 0 heterocycles. The van der Waals surface area contributed by atoms with Gasteiger partial charge in [0.15, 0.2) is 0 Å². The van der Waals surface area contributed by atoms with Crippen LogP contribution < -0.4 is 5.32 Å². The summed E-state index contributed by atoms with van der Waals surface area (Å²) in [5.74, 6) is 0.144. The van der Waals surface area contributed by atoms with Crippen LogP contribution in [0.2, 0.25) is 0 Å². The van der Waals surface area contributed by atoms with E-state index in [0.29, 0.717) is 6.42 Å². The quantitative estimate of drug-likeness (QED) is 0.609. The van der Waals surface area contributed by atoms with E-state index in [1.54, 1.807) is 0 Å². The van der Waals surface area contributed by atoms with Crippen molar-refractivity contribution in [3.8, 4) is 0 Å². The highest BCUT2D eigenvalue weighted by molar-refractivity contribution is 7.81. The van der Waals surface area contributed by atoms with E-state index in [1.807, 2.05) is 27.7 Å². The SMILES string of the molecule is CC(C)C(S)C(=O)NC(C)(C)CCO. The zero-order valence-electron chi connectivity index (χ0n) is 9.37. The maximum Gasteiger partial charge on any atom is 0.233 e. The van der Waals surface area contributed by atoms with E-state index in [1.165, 1.54) is 0 Å². The zero-order chi connectivity index (χ0) is 11.4. The van der Waals surface area contributed by atoms with Crippen LogP contribution in [0.5, 0.6) is 0 Å². The number of hydrogen-bond donors (Lipinski definition) is 3. The third-order valence-electron chi connectivity index (χ3n) is 2.10. The van der Waals surface area contributed by atoms with Gasteiger partial charge in [-0.25, -0.2) is 0 Å². The molecule has 0 radical (unpaired) electrons. The Morgan fingerprint density at radius 3 is 2.36 bits per heavy atom. The van der Waals surface area contributed by atoms with Crippen LogP contribution in [-0.4, -0.2) is 28.4 Å². The van der Waals surface area contributed by atoms with Gasteiger partial charge in [0, 0.05) is 12.1 Å². The van der Waals surface area contributed by atoms with Gasteiger partial charge >= 0.3 is 0 Å². The topological polar surface area (TPSA) is 49.3 Å². The number of rotatable bonds is 5. The van der Waals surface area contributed by atoms with E-state index in [4.69, 9.17) is 5.11 Å². The summed E-state index contributed by atoms with van der Waals surface area (Å²) in [6.45, 7) is 7.77. The first-order valence-electron chi connectivity index (χ1n) is 4.91. The van der Waals surface area contributed by atoms with Crippen LogP contribution >= 0.6 is 12.6 Å². The summed E-state index contributed by atoms with van der Waals surface area (Å²) in [6, 6.07) is 0. The summed E-state index contributed by atoms with van der Waals surface area (Å²) in [6.07, 6.45) is 0.553. The lowest BCUT2D eigenvalue weighted by Crippen LogP contribution is -2.48. The predicted molar refractivity (Wildman–Crippen MR) is 61.5 cm³/mol. The minimum Gasteiger partial charge on any atom is -0.396 e. The number of aliphatic hydroxyl groups is 1. The highest BCUT2D eigenvalue weighted by Crippen LogP contribution is 2.13. The van der Waals surface area contributed by atoms with E-state index in [2.05, 4.69) is 17.9 Å². The van der Waals surface area contributed by atoms with Crippen LogP contribution in [0.1, 0.15) is 34.1 Å². The third kappa shape index (κ3) is 4.86. The van der Waals surface area contributed by atoms with E-state index in [-0.39, 0.29) is 29.2 Å². The number of aliphatic hydroxyl groups excluding tert-OH is 1. The van der Waals surface area contributed by atoms with Gasteiger partial charge in [-0.2, -0.15) is 12.6 Å². The fourth-order valence-corrected chi connectivity index (χ4v) is 1.12. The summed E-state index contributed by atoms with van der Waals surface area (Å²) >= 11 is 4.23. The number of hydrogen-bond acceptors (Lipinski definition) is 3. The van der Waals surface area contributed by atoms with Gasteiger partial charge in [0.25, 0.3) is 0 Å². The molecule has 0 rings (SSSR count). The van der Waals surface area contributed by atoms with Crippen LogP contribution in [-0.2, 0) is 4.79 Å². The van der Waals surface area contributed by atoms with Crippen LogP contribution in [0.25, 0.3) is 0 Å². The monoisotopic (exact) mass is 219 g/mol. The average molecular weight is 219 g/mol. The first kappa shape index (κ1) is 13.8. The molecule has 14 heavy (non-hydrogen) atoms. The molecule has 0 saturated heterocycles. The maximum atomic E-state index is 11.6. The van der Waals surface area contributed by atoms with Crippen molar-refractivity contribution in [2.75, 3.05) is 6.61 Å². The second kappa shape index (κ2) is 5.61. The molecule has 1 atom stereocenters. The Bertz CT molecular complexity index is 193. The Kier molecular flexibility index (Phi) is 5.52. The molecule has 0 aromatic rings. The Labute approximate surface area is 91.7 Å². The van der Waals surface area contributed by atoms with Crippen molar-refractivity contribution in [1.82, 2.24) is 5.32 Å². The number of amides is 1. The van der Waals surface area contributed by atoms with Crippen LogP contribution in [0.3, 0.4) is 0 Å². The Morgan fingerprint density at radius 1 is 1.50 bits per heavy atom. The summed E-state index contributed by atoms with van der Waals surface area (Å²) in [5, 5.41) is 11.4. The van der Waals surface area contributed by atoms with Gasteiger partial charge in [0.2, 0.25) is 5.91 Å². The Morgan fingerprint density at radius 2 is 2.00 bits per heavy atom. The molecular formula is C10H21NO2S. The van der Waals surface area contributed by atoms with E-state index in [9.17, 15) is 4.79 Å². The standard InChI is InChI=1S/C10H21NO2S/c1-7(2)8(14)9(13)11-10(3,4)5-6-12/h7-8,12,14H,5-6H2,1-4H3,(H,11,13). The first-order valence-corrected chi connectivity index (χ1v) is 5.43. The van der Waals surface area contributed by atoms with E-state index >= 15 is 0 Å². The summed E-state index contributed by atoms with van der Waals surface area (Å²) in [4.78, 5) is 11.6. The van der Waals surface area contributed by atoms with Crippen molar-refractivity contribution in [2.45, 2.75) is 44.9 Å². The van der Waals surface area contributed by atoms with Crippen LogP contribution in [0.4, 0.5) is 0 Å². The number of thiol groups is 1. The molecule has 0 saturated carbocycles. The highest BCUT2D eigenvalue weighted by atomic mass is 32.1. The van der Waals surface area contributed by atoms with Crippen LogP contribution in [0.15, 0.2) is 0 Å².